The van der Waals surface area contributed by atoms with Gasteiger partial charge < -0.3 is 127 Å². The van der Waals surface area contributed by atoms with Crippen LogP contribution in [0.1, 0.15) is 190 Å². The van der Waals surface area contributed by atoms with Crippen LogP contribution in [0.4, 0.5) is 0 Å². The molecule has 628 valence electrons. The summed E-state index contributed by atoms with van der Waals surface area (Å²) in [7, 11) is 10.3. The van der Waals surface area contributed by atoms with Crippen LogP contribution < -0.4 is 0 Å². The minimum absolute atomic E-state index is 0.0278. The average Bonchev–Trinajstić information content (AvgIpc) is 0.770. The van der Waals surface area contributed by atoms with E-state index in [9.17, 15) is 60.7 Å². The molecule has 6 saturated heterocycles. The van der Waals surface area contributed by atoms with Gasteiger partial charge in [0.2, 0.25) is 0 Å². The van der Waals surface area contributed by atoms with E-state index in [1.165, 1.54) is 28.1 Å². The number of aliphatic hydroxyl groups is 10. The molecule has 6 fully saturated rings. The number of cyclic esters (lactones) is 2. The van der Waals surface area contributed by atoms with Crippen LogP contribution in [0.15, 0.2) is 22.5 Å². The number of oxime groups is 2. The summed E-state index contributed by atoms with van der Waals surface area (Å²) in [6.07, 6.45) is -18.5. The summed E-state index contributed by atoms with van der Waals surface area (Å²) < 4.78 is 76.7. The second-order valence-electron chi connectivity index (χ2n) is 34.2. The number of methoxy groups -OCH3 is 2. The van der Waals surface area contributed by atoms with Crippen molar-refractivity contribution < 1.29 is 127 Å². The molecule has 10 N–H and O–H groups in total. The van der Waals surface area contributed by atoms with Gasteiger partial charge in [0.25, 0.3) is 0 Å². The van der Waals surface area contributed by atoms with Gasteiger partial charge in [0.1, 0.15) is 61.0 Å². The molecule has 6 heterocycles. The van der Waals surface area contributed by atoms with Crippen molar-refractivity contribution in [3.63, 3.8) is 0 Å². The molecule has 36 atom stereocenters. The topological polar surface area (TPSA) is 397 Å². The average molecular weight is 1550 g/mol. The van der Waals surface area contributed by atoms with Gasteiger partial charge in [-0.25, -0.2) is 0 Å². The van der Waals surface area contributed by atoms with Crippen molar-refractivity contribution in [3.8, 4) is 0 Å². The van der Waals surface area contributed by atoms with Gasteiger partial charge in [0.15, 0.2) is 25.2 Å². The Labute approximate surface area is 641 Å². The number of likely N-dealkylation sites (N-methyl/N-ethyl adjacent to an activating group) is 2. The molecule has 6 rings (SSSR count). The minimum Gasteiger partial charge on any atom is -0.459 e. The van der Waals surface area contributed by atoms with Crippen LogP contribution in [0.2, 0.25) is 0 Å². The number of carbonyl (C=O) groups excluding carboxylic acids is 2. The van der Waals surface area contributed by atoms with Crippen molar-refractivity contribution in [2.45, 2.75) is 358 Å². The summed E-state index contributed by atoms with van der Waals surface area (Å²) in [5, 5.41) is 132. The largest absolute Gasteiger partial charge is 0.459 e. The Kier molecular flexibility index (Phi) is 33.3. The van der Waals surface area contributed by atoms with Gasteiger partial charge in [-0.2, -0.15) is 0 Å². The van der Waals surface area contributed by atoms with Crippen molar-refractivity contribution in [2.24, 2.45) is 57.7 Å². The maximum Gasteiger partial charge on any atom is 0.311 e. The molecule has 6 aliphatic rings. The first-order valence-electron chi connectivity index (χ1n) is 39.1. The molecule has 0 aliphatic carbocycles. The predicted molar refractivity (Wildman–Crippen MR) is 398 cm³/mol. The smallest absolute Gasteiger partial charge is 0.311 e. The number of rotatable bonds is 20. The third-order valence-corrected chi connectivity index (χ3v) is 24.6. The molecule has 30 heteroatoms. The lowest BCUT2D eigenvalue weighted by atomic mass is 9.73. The molecule has 0 spiro atoms. The molecule has 0 aromatic rings. The lowest BCUT2D eigenvalue weighted by Crippen LogP contribution is -2.61. The van der Waals surface area contributed by atoms with Crippen molar-refractivity contribution in [1.29, 1.82) is 0 Å². The monoisotopic (exact) mass is 1550 g/mol. The van der Waals surface area contributed by atoms with Crippen LogP contribution in [0.5, 0.6) is 0 Å². The summed E-state index contributed by atoms with van der Waals surface area (Å²) in [6.45, 7) is 32.9. The molecule has 0 aromatic carbocycles. The lowest BCUT2D eigenvalue weighted by Gasteiger charge is -2.49. The fourth-order valence-corrected chi connectivity index (χ4v) is 17.6. The molecule has 0 bridgehead atoms. The summed E-state index contributed by atoms with van der Waals surface area (Å²) >= 11 is 0. The molecular formula is C78H140N4O26. The minimum atomic E-state index is -2.11. The Morgan fingerprint density at radius 2 is 0.796 bits per heavy atom. The zero-order valence-electron chi connectivity index (χ0n) is 69.3. The highest BCUT2D eigenvalue weighted by Crippen LogP contribution is 2.45. The quantitative estimate of drug-likeness (QED) is 0.0340. The highest BCUT2D eigenvalue weighted by atomic mass is 16.7. The summed E-state index contributed by atoms with van der Waals surface area (Å²) in [4.78, 5) is 45.4. The maximum atomic E-state index is 14.8. The van der Waals surface area contributed by atoms with Gasteiger partial charge in [-0.3, -0.25) is 9.59 Å². The zero-order chi connectivity index (χ0) is 81.6. The zero-order valence-corrected chi connectivity index (χ0v) is 69.3. The Hall–Kier alpha value is -3.26. The predicted octanol–water partition coefficient (Wildman–Crippen LogP) is 4.75. The first-order valence-corrected chi connectivity index (χ1v) is 39.1. The number of carbonyl (C=O) groups is 2. The first kappa shape index (κ1) is 93.6. The van der Waals surface area contributed by atoms with Crippen molar-refractivity contribution in [3.05, 3.63) is 12.2 Å². The van der Waals surface area contributed by atoms with Crippen LogP contribution in [0.3, 0.4) is 0 Å². The molecule has 0 aromatic heterocycles. The number of hydrogen-bond acceptors (Lipinski definition) is 30. The molecule has 4 unspecified atom stereocenters. The highest BCUT2D eigenvalue weighted by Gasteiger charge is 2.57. The van der Waals surface area contributed by atoms with Crippen LogP contribution in [0.25, 0.3) is 0 Å². The van der Waals surface area contributed by atoms with Gasteiger partial charge in [-0.05, 0) is 162 Å². The fourth-order valence-electron chi connectivity index (χ4n) is 17.6. The van der Waals surface area contributed by atoms with Crippen LogP contribution in [-0.2, 0) is 76.1 Å². The second-order valence-corrected chi connectivity index (χ2v) is 34.2. The van der Waals surface area contributed by atoms with Crippen molar-refractivity contribution >= 4 is 23.4 Å². The molecule has 0 amide bonds. The summed E-state index contributed by atoms with van der Waals surface area (Å²) in [5.74, 6) is -9.46. The van der Waals surface area contributed by atoms with Crippen LogP contribution in [0, 0.1) is 47.3 Å². The standard InChI is InChI=1S/C78H140N4O26/c1-27-53-77(19,93)63(85)43(7)57(39(3)35-73(15,91)67(107-71-59(83)51(81(21)22)33-41(5)99-71)45(9)61(47(11)69(89)103-53)105-55-37-75(17,95-25)65(87)49(13)101-55)79-97-31-29-30-32-98-80-58-40(4)36-74(16,92)68(108-72-60(84)52(82(23)24)34-42(6)100-72)46(10)62(106-56-38-76(18,96-26)66(88)50(14)102-56)48(12)70(90)104-54(28-2)78(20,94)64(86)44(58)8/h29-30,39-56,59-68,71-72,83-88,91-94H,27-28,31-38H2,1-26H3/b30-29+,79-57?,80-58?/t39-,40+,41-,42+,43-,44+,45+,46-,47-,48+,49+,50-,51+,52-,53+,54-,55?,56?,59-,60+,61-,62-,63-,64+,65+,66-,67-,68+,71?,72?,73+,74-,75-,76+,77-,78+/m0/s1. The molecule has 0 saturated carbocycles. The second kappa shape index (κ2) is 38.5. The third kappa shape index (κ3) is 21.6. The normalized spacial score (nSPS) is 48.6. The SMILES string of the molecule is CC[C@@H]1OC(=O)[C@H](C)[C@@H](OC2C[C@@](C)(OC)[C@@H](O)[C@H](C)O2)[C@H](C)[C@@H](OC2O[C@H](C)C[C@H](N(C)C)[C@H]2O)[C@@](C)(O)C[C@@H](C)C(=NOC/C=C/CON=C2[C@@H](C)C[C@@](C)(O)[C@@H](OC3O[C@@H](C)C[C@@H](N(C)C)[C@@H]3O)[C@H](C)[C@H](OC3C[C@](C)(OC)[C@H](O)[C@@H](C)O3)[C@H](C)C(=O)O[C@H](CC)[C@](C)(O)[C@@H](O)[C@H]2C)[C@@H](C)[C@@H](O)[C@]1(C)O. The fraction of sp³-hybridized carbons (Fsp3) is 0.923. The number of nitrogens with zero attached hydrogens (tertiary/aromatic N) is 4. The lowest BCUT2D eigenvalue weighted by molar-refractivity contribution is -0.318. The van der Waals surface area contributed by atoms with Gasteiger partial charge in [-0.1, -0.05) is 65.7 Å². The van der Waals surface area contributed by atoms with E-state index in [2.05, 4.69) is 10.3 Å². The highest BCUT2D eigenvalue weighted by molar-refractivity contribution is 5.89. The molecule has 0 radical (unpaired) electrons. The molecule has 6 aliphatic heterocycles. The van der Waals surface area contributed by atoms with Gasteiger partial charge >= 0.3 is 11.9 Å². The Morgan fingerprint density at radius 3 is 1.09 bits per heavy atom. The molecular weight excluding hydrogens is 1410 g/mol. The van der Waals surface area contributed by atoms with E-state index in [0.29, 0.717) is 12.8 Å². The Morgan fingerprint density at radius 1 is 0.472 bits per heavy atom. The van der Waals surface area contributed by atoms with Crippen LogP contribution >= 0.6 is 0 Å². The van der Waals surface area contributed by atoms with Gasteiger partial charge in [0, 0.05) is 74.7 Å². The van der Waals surface area contributed by atoms with E-state index in [4.69, 9.17) is 66.5 Å². The number of aliphatic hydroxyl groups excluding tert-OH is 6. The number of ether oxygens (including phenoxy) is 12. The van der Waals surface area contributed by atoms with Gasteiger partial charge in [-0.15, -0.1) is 0 Å². The summed E-state index contributed by atoms with van der Waals surface area (Å²) in [6, 6.07) is -0.829. The van der Waals surface area contributed by atoms with Crippen molar-refractivity contribution in [1.82, 2.24) is 9.80 Å². The Bertz CT molecular complexity index is 2740. The van der Waals surface area contributed by atoms with E-state index in [1.54, 1.807) is 123 Å². The van der Waals surface area contributed by atoms with E-state index >= 15 is 0 Å². The number of esters is 2. The van der Waals surface area contributed by atoms with E-state index < -0.39 is 228 Å². The van der Waals surface area contributed by atoms with E-state index in [1.807, 2.05) is 51.8 Å². The van der Waals surface area contributed by atoms with Gasteiger partial charge in [0.05, 0.1) is 107 Å². The Balaban J connectivity index is 1.36. The maximum absolute atomic E-state index is 14.8. The first-order chi connectivity index (χ1) is 50.0. The van der Waals surface area contributed by atoms with E-state index in [-0.39, 0.29) is 63.2 Å². The molecule has 30 nitrogen and oxygen atoms in total. The third-order valence-electron chi connectivity index (χ3n) is 24.6. The number of hydrogen-bond donors (Lipinski definition) is 10. The van der Waals surface area contributed by atoms with Crippen LogP contribution in [-0.4, -0.2) is 308 Å². The summed E-state index contributed by atoms with van der Waals surface area (Å²) in [5.41, 5.74) is -9.93. The van der Waals surface area contributed by atoms with E-state index in [0.717, 1.165) is 0 Å². The van der Waals surface area contributed by atoms with Crippen molar-refractivity contribution in [2.75, 3.05) is 55.6 Å². The molecule has 108 heavy (non-hydrogen) atoms.